The minimum absolute atomic E-state index is 0.126. The van der Waals surface area contributed by atoms with Crippen LogP contribution in [0.2, 0.25) is 5.02 Å². The first-order valence-corrected chi connectivity index (χ1v) is 10.1. The van der Waals surface area contributed by atoms with Gasteiger partial charge in [0.05, 0.1) is 22.7 Å². The predicted molar refractivity (Wildman–Crippen MR) is 112 cm³/mol. The number of thiocarbonyl (C=S) groups is 1. The number of carbonyl (C=O) groups is 1. The van der Waals surface area contributed by atoms with Gasteiger partial charge in [0, 0.05) is 12.6 Å². The minimum Gasteiger partial charge on any atom is -0.466 e. The van der Waals surface area contributed by atoms with Crippen molar-refractivity contribution in [3.8, 4) is 0 Å². The lowest BCUT2D eigenvalue weighted by molar-refractivity contribution is -0.154. The molecule has 0 amide bonds. The quantitative estimate of drug-likeness (QED) is 0.524. The maximum absolute atomic E-state index is 12.1. The Kier molecular flexibility index (Phi) is 7.71. The van der Waals surface area contributed by atoms with E-state index < -0.39 is 5.41 Å². The number of para-hydroxylation sites is 1. The smallest absolute Gasteiger partial charge is 0.311 e. The summed E-state index contributed by atoms with van der Waals surface area (Å²) in [5.74, 6) is -0.126. The van der Waals surface area contributed by atoms with Gasteiger partial charge < -0.3 is 15.0 Å². The van der Waals surface area contributed by atoms with Gasteiger partial charge in [-0.05, 0) is 77.2 Å². The van der Waals surface area contributed by atoms with E-state index in [1.54, 1.807) is 0 Å². The van der Waals surface area contributed by atoms with E-state index in [4.69, 9.17) is 28.6 Å². The minimum atomic E-state index is -0.475. The van der Waals surface area contributed by atoms with E-state index in [1.165, 1.54) is 6.42 Å². The predicted octanol–water partition coefficient (Wildman–Crippen LogP) is 5.26. The lowest BCUT2D eigenvalue weighted by Gasteiger charge is -2.39. The molecule has 0 aliphatic carbocycles. The third-order valence-corrected chi connectivity index (χ3v) is 5.60. The van der Waals surface area contributed by atoms with E-state index in [1.807, 2.05) is 45.0 Å². The molecule has 6 heteroatoms. The van der Waals surface area contributed by atoms with Crippen LogP contribution in [0.4, 0.5) is 5.69 Å². The van der Waals surface area contributed by atoms with Crippen molar-refractivity contribution in [1.29, 1.82) is 0 Å². The molecule has 1 aromatic carbocycles. The first-order valence-electron chi connectivity index (χ1n) is 9.34. The third-order valence-electron chi connectivity index (χ3n) is 4.93. The normalized spacial score (nSPS) is 17.7. The summed E-state index contributed by atoms with van der Waals surface area (Å²) in [5.41, 5.74) is 0.354. The Morgan fingerprint density at radius 2 is 2.12 bits per heavy atom. The Balaban J connectivity index is 1.99. The highest BCUT2D eigenvalue weighted by molar-refractivity contribution is 7.80. The van der Waals surface area contributed by atoms with Gasteiger partial charge >= 0.3 is 5.97 Å². The molecule has 1 saturated heterocycles. The van der Waals surface area contributed by atoms with E-state index in [9.17, 15) is 4.79 Å². The molecule has 2 rings (SSSR count). The van der Waals surface area contributed by atoms with E-state index in [0.717, 1.165) is 37.9 Å². The van der Waals surface area contributed by atoms with E-state index in [-0.39, 0.29) is 5.97 Å². The zero-order valence-corrected chi connectivity index (χ0v) is 17.5. The number of nitrogens with zero attached hydrogens (tertiary/aromatic N) is 1. The highest BCUT2D eigenvalue weighted by Crippen LogP contribution is 2.30. The molecule has 0 saturated carbocycles. The Hall–Kier alpha value is -1.33. The van der Waals surface area contributed by atoms with Crippen molar-refractivity contribution in [2.24, 2.45) is 5.41 Å². The number of rotatable bonds is 6. The average molecular weight is 397 g/mol. The van der Waals surface area contributed by atoms with Crippen LogP contribution < -0.4 is 5.32 Å². The van der Waals surface area contributed by atoms with Crippen LogP contribution in [0.5, 0.6) is 0 Å². The molecule has 0 radical (unpaired) electrons. The molecule has 0 bridgehead atoms. The van der Waals surface area contributed by atoms with Gasteiger partial charge in [-0.3, -0.25) is 4.79 Å². The molecular weight excluding hydrogens is 368 g/mol. The fourth-order valence-electron chi connectivity index (χ4n) is 3.27. The Morgan fingerprint density at radius 1 is 1.38 bits per heavy atom. The molecule has 26 heavy (non-hydrogen) atoms. The molecular formula is C20H29ClN2O2S. The monoisotopic (exact) mass is 396 g/mol. The number of anilines is 1. The second-order valence-corrected chi connectivity index (χ2v) is 8.19. The zero-order chi connectivity index (χ0) is 19.2. The van der Waals surface area contributed by atoms with Crippen LogP contribution in [0.25, 0.3) is 0 Å². The topological polar surface area (TPSA) is 41.6 Å². The number of nitrogens with one attached hydrogen (secondary N) is 1. The SMILES string of the molecule is CCOC(=O)C(C)(C)CCC1CCCCN1C(=S)Nc1ccccc1Cl. The summed E-state index contributed by atoms with van der Waals surface area (Å²) in [4.78, 5) is 14.4. The molecule has 0 aromatic heterocycles. The highest BCUT2D eigenvalue weighted by Gasteiger charge is 2.32. The van der Waals surface area contributed by atoms with Crippen LogP contribution in [0.3, 0.4) is 0 Å². The number of piperidine rings is 1. The average Bonchev–Trinajstić information content (AvgIpc) is 2.62. The zero-order valence-electron chi connectivity index (χ0n) is 15.9. The lowest BCUT2D eigenvalue weighted by atomic mass is 9.84. The summed E-state index contributed by atoms with van der Waals surface area (Å²) < 4.78 is 5.21. The summed E-state index contributed by atoms with van der Waals surface area (Å²) in [6.07, 6.45) is 5.10. The number of esters is 1. The van der Waals surface area contributed by atoms with Crippen molar-refractivity contribution in [3.05, 3.63) is 29.3 Å². The largest absolute Gasteiger partial charge is 0.466 e. The molecule has 1 N–H and O–H groups in total. The summed E-state index contributed by atoms with van der Waals surface area (Å²) in [7, 11) is 0. The lowest BCUT2D eigenvalue weighted by Crippen LogP contribution is -2.46. The molecule has 1 fully saturated rings. The summed E-state index contributed by atoms with van der Waals surface area (Å²) in [6, 6.07) is 7.95. The Labute approximate surface area is 167 Å². The molecule has 144 valence electrons. The van der Waals surface area contributed by atoms with Crippen LogP contribution in [-0.4, -0.2) is 35.2 Å². The number of carbonyl (C=O) groups excluding carboxylic acids is 1. The summed E-state index contributed by atoms with van der Waals surface area (Å²) >= 11 is 11.9. The third kappa shape index (κ3) is 5.58. The molecule has 0 spiro atoms. The van der Waals surface area contributed by atoms with Crippen LogP contribution in [-0.2, 0) is 9.53 Å². The van der Waals surface area contributed by atoms with Crippen molar-refractivity contribution in [3.63, 3.8) is 0 Å². The first-order chi connectivity index (χ1) is 12.3. The number of ether oxygens (including phenoxy) is 1. The van der Waals surface area contributed by atoms with Gasteiger partial charge in [0.15, 0.2) is 5.11 Å². The van der Waals surface area contributed by atoms with Gasteiger partial charge in [0.25, 0.3) is 0 Å². The van der Waals surface area contributed by atoms with Gasteiger partial charge in [-0.15, -0.1) is 0 Å². The number of likely N-dealkylation sites (tertiary alicyclic amines) is 1. The van der Waals surface area contributed by atoms with Crippen molar-refractivity contribution < 1.29 is 9.53 Å². The summed E-state index contributed by atoms with van der Waals surface area (Å²) in [5, 5.41) is 4.65. The molecule has 1 aromatic rings. The Morgan fingerprint density at radius 3 is 2.81 bits per heavy atom. The molecule has 1 heterocycles. The first kappa shape index (κ1) is 21.0. The fraction of sp³-hybridized carbons (Fsp3) is 0.600. The molecule has 4 nitrogen and oxygen atoms in total. The Bertz CT molecular complexity index is 636. The van der Waals surface area contributed by atoms with E-state index in [0.29, 0.717) is 22.8 Å². The fourth-order valence-corrected chi connectivity index (χ4v) is 3.81. The van der Waals surface area contributed by atoms with Gasteiger partial charge in [0.2, 0.25) is 0 Å². The van der Waals surface area contributed by atoms with Crippen LogP contribution in [0.15, 0.2) is 24.3 Å². The number of benzene rings is 1. The van der Waals surface area contributed by atoms with Crippen LogP contribution >= 0.6 is 23.8 Å². The van der Waals surface area contributed by atoms with E-state index in [2.05, 4.69) is 10.2 Å². The maximum Gasteiger partial charge on any atom is 0.311 e. The molecule has 1 unspecified atom stereocenters. The van der Waals surface area contributed by atoms with Crippen molar-refractivity contribution in [2.45, 2.75) is 58.9 Å². The van der Waals surface area contributed by atoms with Gasteiger partial charge in [-0.1, -0.05) is 23.7 Å². The van der Waals surface area contributed by atoms with Gasteiger partial charge in [-0.2, -0.15) is 0 Å². The van der Waals surface area contributed by atoms with E-state index >= 15 is 0 Å². The van der Waals surface area contributed by atoms with Crippen molar-refractivity contribution >= 4 is 40.6 Å². The van der Waals surface area contributed by atoms with Gasteiger partial charge in [-0.25, -0.2) is 0 Å². The van der Waals surface area contributed by atoms with Crippen molar-refractivity contribution in [1.82, 2.24) is 4.90 Å². The second kappa shape index (κ2) is 9.56. The molecule has 1 atom stereocenters. The number of hydrogen-bond donors (Lipinski definition) is 1. The highest BCUT2D eigenvalue weighted by atomic mass is 35.5. The maximum atomic E-state index is 12.1. The number of hydrogen-bond acceptors (Lipinski definition) is 3. The van der Waals surface area contributed by atoms with Gasteiger partial charge in [0.1, 0.15) is 0 Å². The van der Waals surface area contributed by atoms with Crippen LogP contribution in [0.1, 0.15) is 52.9 Å². The van der Waals surface area contributed by atoms with Crippen molar-refractivity contribution in [2.75, 3.05) is 18.5 Å². The second-order valence-electron chi connectivity index (χ2n) is 7.40. The molecule has 1 aliphatic heterocycles. The standard InChI is InChI=1S/C20H29ClN2O2S/c1-4-25-18(24)20(2,3)13-12-15-9-7-8-14-23(15)19(26)22-17-11-6-5-10-16(17)21/h5-6,10-11,15H,4,7-9,12-14H2,1-3H3,(H,22,26). The molecule has 1 aliphatic rings. The van der Waals surface area contributed by atoms with Crippen LogP contribution in [0, 0.1) is 5.41 Å². The summed E-state index contributed by atoms with van der Waals surface area (Å²) in [6.45, 7) is 7.11. The number of halogens is 1.